The Kier molecular flexibility index (Phi) is 6.54. The Morgan fingerprint density at radius 1 is 1.12 bits per heavy atom. The largest absolute Gasteiger partial charge is 0.496 e. The van der Waals surface area contributed by atoms with E-state index in [1.54, 1.807) is 14.2 Å². The molecule has 0 amide bonds. The summed E-state index contributed by atoms with van der Waals surface area (Å²) in [4.78, 5) is 4.91. The number of hydrogen-bond donors (Lipinski definition) is 0. The van der Waals surface area contributed by atoms with Gasteiger partial charge in [0.1, 0.15) is 11.8 Å². The van der Waals surface area contributed by atoms with Crippen molar-refractivity contribution in [2.24, 2.45) is 0 Å². The van der Waals surface area contributed by atoms with Crippen molar-refractivity contribution in [2.45, 2.75) is 19.5 Å². The summed E-state index contributed by atoms with van der Waals surface area (Å²) in [5, 5.41) is 12.5. The summed E-state index contributed by atoms with van der Waals surface area (Å²) in [5.41, 5.74) is 1.09. The van der Waals surface area contributed by atoms with Crippen molar-refractivity contribution in [3.05, 3.63) is 35.7 Å². The van der Waals surface area contributed by atoms with Gasteiger partial charge in [-0.2, -0.15) is 0 Å². The number of likely N-dealkylation sites (N-methyl/N-ethyl adjacent to an activating group) is 1. The third kappa shape index (κ3) is 4.03. The molecule has 1 aliphatic rings. The van der Waals surface area contributed by atoms with E-state index in [-0.39, 0.29) is 6.04 Å². The minimum absolute atomic E-state index is 0.0444. The number of tetrazole rings is 1. The molecule has 142 valence electrons. The van der Waals surface area contributed by atoms with Crippen LogP contribution < -0.4 is 4.74 Å². The van der Waals surface area contributed by atoms with E-state index in [1.165, 1.54) is 0 Å². The lowest BCUT2D eigenvalue weighted by atomic mass is 10.0. The van der Waals surface area contributed by atoms with Gasteiger partial charge in [0.25, 0.3) is 0 Å². The molecule has 1 aromatic carbocycles. The zero-order valence-corrected chi connectivity index (χ0v) is 15.8. The van der Waals surface area contributed by atoms with Gasteiger partial charge in [-0.15, -0.1) is 5.10 Å². The standard InChI is InChI=1S/C18H28N6O2/c1-4-22-9-11-23(12-10-22)17(15-7-5-6-8-16(15)26-3)18-19-20-21-24(18)13-14-25-2/h5-8,17H,4,9-14H2,1-3H3/t17-/m1/s1. The molecule has 8 heteroatoms. The maximum atomic E-state index is 5.64. The summed E-state index contributed by atoms with van der Waals surface area (Å²) < 4.78 is 12.7. The van der Waals surface area contributed by atoms with E-state index in [0.717, 1.165) is 49.9 Å². The van der Waals surface area contributed by atoms with E-state index in [2.05, 4.69) is 38.3 Å². The summed E-state index contributed by atoms with van der Waals surface area (Å²) in [7, 11) is 3.39. The van der Waals surface area contributed by atoms with Crippen LogP contribution in [-0.4, -0.2) is 83.6 Å². The van der Waals surface area contributed by atoms with Crippen LogP contribution in [0.5, 0.6) is 5.75 Å². The Labute approximate surface area is 154 Å². The summed E-state index contributed by atoms with van der Waals surface area (Å²) in [6.45, 7) is 8.50. The minimum Gasteiger partial charge on any atom is -0.496 e. The highest BCUT2D eigenvalue weighted by molar-refractivity contribution is 5.39. The van der Waals surface area contributed by atoms with E-state index >= 15 is 0 Å². The fraction of sp³-hybridized carbons (Fsp3) is 0.611. The van der Waals surface area contributed by atoms with Crippen LogP contribution in [0.4, 0.5) is 0 Å². The fourth-order valence-corrected chi connectivity index (χ4v) is 3.47. The highest BCUT2D eigenvalue weighted by Gasteiger charge is 2.32. The van der Waals surface area contributed by atoms with Crippen LogP contribution in [0.3, 0.4) is 0 Å². The number of rotatable bonds is 8. The molecular formula is C18H28N6O2. The number of ether oxygens (including phenoxy) is 2. The first-order valence-electron chi connectivity index (χ1n) is 9.12. The second-order valence-electron chi connectivity index (χ2n) is 6.37. The van der Waals surface area contributed by atoms with E-state index in [1.807, 2.05) is 22.9 Å². The van der Waals surface area contributed by atoms with E-state index in [4.69, 9.17) is 9.47 Å². The lowest BCUT2D eigenvalue weighted by molar-refractivity contribution is 0.106. The smallest absolute Gasteiger partial charge is 0.173 e. The molecule has 0 bridgehead atoms. The average Bonchev–Trinajstić information content (AvgIpc) is 3.15. The van der Waals surface area contributed by atoms with Gasteiger partial charge in [0.05, 0.1) is 20.3 Å². The number of nitrogens with zero attached hydrogens (tertiary/aromatic N) is 6. The number of piperazine rings is 1. The van der Waals surface area contributed by atoms with Crippen LogP contribution >= 0.6 is 0 Å². The molecule has 0 radical (unpaired) electrons. The Morgan fingerprint density at radius 2 is 1.88 bits per heavy atom. The Balaban J connectivity index is 1.96. The maximum absolute atomic E-state index is 5.64. The Hall–Kier alpha value is -2.03. The summed E-state index contributed by atoms with van der Waals surface area (Å²) in [5.74, 6) is 1.69. The van der Waals surface area contributed by atoms with Gasteiger partial charge in [0.2, 0.25) is 0 Å². The van der Waals surface area contributed by atoms with E-state index in [0.29, 0.717) is 13.2 Å². The maximum Gasteiger partial charge on any atom is 0.173 e. The van der Waals surface area contributed by atoms with Gasteiger partial charge in [-0.05, 0) is 23.0 Å². The van der Waals surface area contributed by atoms with Crippen LogP contribution in [0.2, 0.25) is 0 Å². The molecule has 1 atom stereocenters. The normalized spacial score (nSPS) is 17.3. The van der Waals surface area contributed by atoms with Crippen LogP contribution in [0.15, 0.2) is 24.3 Å². The zero-order chi connectivity index (χ0) is 18.4. The number of hydrogen-bond acceptors (Lipinski definition) is 7. The average molecular weight is 360 g/mol. The molecule has 2 aromatic rings. The molecule has 0 unspecified atom stereocenters. The van der Waals surface area contributed by atoms with Crippen molar-refractivity contribution >= 4 is 0 Å². The molecular weight excluding hydrogens is 332 g/mol. The molecule has 1 aromatic heterocycles. The van der Waals surface area contributed by atoms with Crippen molar-refractivity contribution in [1.82, 2.24) is 30.0 Å². The van der Waals surface area contributed by atoms with Gasteiger partial charge in [-0.1, -0.05) is 25.1 Å². The molecule has 1 saturated heterocycles. The molecule has 0 saturated carbocycles. The van der Waals surface area contributed by atoms with Gasteiger partial charge in [-0.3, -0.25) is 4.90 Å². The van der Waals surface area contributed by atoms with Gasteiger partial charge in [0, 0.05) is 38.9 Å². The van der Waals surface area contributed by atoms with Crippen molar-refractivity contribution < 1.29 is 9.47 Å². The predicted molar refractivity (Wildman–Crippen MR) is 98.2 cm³/mol. The summed E-state index contributed by atoms with van der Waals surface area (Å²) in [6.07, 6.45) is 0. The third-order valence-corrected chi connectivity index (χ3v) is 4.96. The highest BCUT2D eigenvalue weighted by Crippen LogP contribution is 2.34. The molecule has 0 N–H and O–H groups in total. The molecule has 1 fully saturated rings. The van der Waals surface area contributed by atoms with Crippen LogP contribution in [0, 0.1) is 0 Å². The van der Waals surface area contributed by atoms with Crippen molar-refractivity contribution in [3.63, 3.8) is 0 Å². The molecule has 0 spiro atoms. The first-order chi connectivity index (χ1) is 12.8. The first kappa shape index (κ1) is 18.8. The second kappa shape index (κ2) is 9.07. The second-order valence-corrected chi connectivity index (χ2v) is 6.37. The molecule has 26 heavy (non-hydrogen) atoms. The van der Waals surface area contributed by atoms with Crippen LogP contribution in [-0.2, 0) is 11.3 Å². The predicted octanol–water partition coefficient (Wildman–Crippen LogP) is 1.06. The van der Waals surface area contributed by atoms with Gasteiger partial charge in [-0.25, -0.2) is 4.68 Å². The number of benzene rings is 1. The van der Waals surface area contributed by atoms with Crippen molar-refractivity contribution in [1.29, 1.82) is 0 Å². The fourth-order valence-electron chi connectivity index (χ4n) is 3.47. The van der Waals surface area contributed by atoms with Gasteiger partial charge < -0.3 is 14.4 Å². The van der Waals surface area contributed by atoms with Crippen LogP contribution in [0.1, 0.15) is 24.4 Å². The molecule has 1 aliphatic heterocycles. The lowest BCUT2D eigenvalue weighted by Crippen LogP contribution is -2.48. The zero-order valence-electron chi connectivity index (χ0n) is 15.8. The quantitative estimate of drug-likeness (QED) is 0.697. The van der Waals surface area contributed by atoms with Gasteiger partial charge >= 0.3 is 0 Å². The third-order valence-electron chi connectivity index (χ3n) is 4.96. The monoisotopic (exact) mass is 360 g/mol. The topological polar surface area (TPSA) is 68.5 Å². The first-order valence-corrected chi connectivity index (χ1v) is 9.12. The number of methoxy groups -OCH3 is 2. The number of aromatic nitrogens is 4. The van der Waals surface area contributed by atoms with E-state index < -0.39 is 0 Å². The minimum atomic E-state index is -0.0444. The van der Waals surface area contributed by atoms with Crippen molar-refractivity contribution in [3.8, 4) is 5.75 Å². The van der Waals surface area contributed by atoms with Crippen molar-refractivity contribution in [2.75, 3.05) is 53.6 Å². The van der Waals surface area contributed by atoms with Gasteiger partial charge in [0.15, 0.2) is 5.82 Å². The van der Waals surface area contributed by atoms with Crippen LogP contribution in [0.25, 0.3) is 0 Å². The molecule has 2 heterocycles. The molecule has 3 rings (SSSR count). The SMILES string of the molecule is CCN1CCN([C@H](c2ccccc2OC)c2nnnn2CCOC)CC1. The lowest BCUT2D eigenvalue weighted by Gasteiger charge is -2.38. The summed E-state index contributed by atoms with van der Waals surface area (Å²) in [6, 6.07) is 8.08. The number of para-hydroxylation sites is 1. The molecule has 8 nitrogen and oxygen atoms in total. The summed E-state index contributed by atoms with van der Waals surface area (Å²) >= 11 is 0. The van der Waals surface area contributed by atoms with E-state index in [9.17, 15) is 0 Å². The Morgan fingerprint density at radius 3 is 2.58 bits per heavy atom. The Bertz CT molecular complexity index is 684. The highest BCUT2D eigenvalue weighted by atomic mass is 16.5. The molecule has 0 aliphatic carbocycles.